The van der Waals surface area contributed by atoms with Gasteiger partial charge < -0.3 is 15.2 Å². The van der Waals surface area contributed by atoms with Crippen LogP contribution < -0.4 is 10.6 Å². The Morgan fingerprint density at radius 3 is 2.87 bits per heavy atom. The number of nitrogens with zero attached hydrogens (tertiary/aromatic N) is 4. The molecule has 0 atom stereocenters. The van der Waals surface area contributed by atoms with Gasteiger partial charge in [-0.1, -0.05) is 12.1 Å². The highest BCUT2D eigenvalue weighted by Crippen LogP contribution is 2.13. The van der Waals surface area contributed by atoms with E-state index in [2.05, 4.69) is 30.4 Å². The van der Waals surface area contributed by atoms with Gasteiger partial charge in [-0.05, 0) is 31.0 Å². The average Bonchev–Trinajstić information content (AvgIpc) is 3.15. The van der Waals surface area contributed by atoms with E-state index in [-0.39, 0.29) is 5.82 Å². The molecule has 1 aliphatic rings. The van der Waals surface area contributed by atoms with Crippen LogP contribution in [0, 0.1) is 5.82 Å². The summed E-state index contributed by atoms with van der Waals surface area (Å²) in [5.74, 6) is 2.48. The molecule has 0 unspecified atom stereocenters. The summed E-state index contributed by atoms with van der Waals surface area (Å²) in [5, 5.41) is 14.9. The Hall–Kier alpha value is -2.44. The average molecular weight is 316 g/mol. The summed E-state index contributed by atoms with van der Waals surface area (Å²) in [6.07, 6.45) is 2.14. The standard InChI is InChI=1S/C16H21FN6/c1-2-18-16(19-10-12-5-7-13(17)8-6-12)20-11-15-22-21-14-4-3-9-23(14)15/h5-8H,2-4,9-11H2,1H3,(H2,18,19,20). The van der Waals surface area contributed by atoms with Crippen LogP contribution in [0.15, 0.2) is 29.3 Å². The first-order chi connectivity index (χ1) is 11.3. The van der Waals surface area contributed by atoms with Gasteiger partial charge in [-0.2, -0.15) is 0 Å². The molecule has 1 aliphatic heterocycles. The number of aliphatic imine (C=N–C) groups is 1. The molecular weight excluding hydrogens is 295 g/mol. The minimum Gasteiger partial charge on any atom is -0.357 e. The SMILES string of the molecule is CCNC(=NCc1ccc(F)cc1)NCc1nnc2n1CCC2. The molecule has 23 heavy (non-hydrogen) atoms. The summed E-state index contributed by atoms with van der Waals surface area (Å²) >= 11 is 0. The Morgan fingerprint density at radius 2 is 2.09 bits per heavy atom. The fourth-order valence-corrected chi connectivity index (χ4v) is 2.61. The molecule has 3 rings (SSSR count). The highest BCUT2D eigenvalue weighted by atomic mass is 19.1. The van der Waals surface area contributed by atoms with Crippen molar-refractivity contribution in [2.45, 2.75) is 39.4 Å². The van der Waals surface area contributed by atoms with Gasteiger partial charge in [0.2, 0.25) is 0 Å². The second-order valence-corrected chi connectivity index (χ2v) is 5.46. The van der Waals surface area contributed by atoms with E-state index in [1.165, 1.54) is 12.1 Å². The molecule has 0 saturated heterocycles. The summed E-state index contributed by atoms with van der Waals surface area (Å²) in [4.78, 5) is 4.52. The van der Waals surface area contributed by atoms with Crippen molar-refractivity contribution in [1.29, 1.82) is 0 Å². The van der Waals surface area contributed by atoms with E-state index in [0.717, 1.165) is 43.1 Å². The summed E-state index contributed by atoms with van der Waals surface area (Å²) in [6, 6.07) is 6.39. The number of aryl methyl sites for hydroxylation is 1. The molecule has 0 amide bonds. The number of fused-ring (bicyclic) bond motifs is 1. The zero-order valence-corrected chi connectivity index (χ0v) is 13.2. The number of hydrogen-bond donors (Lipinski definition) is 2. The van der Waals surface area contributed by atoms with Gasteiger partial charge in [-0.15, -0.1) is 10.2 Å². The van der Waals surface area contributed by atoms with Gasteiger partial charge in [0.25, 0.3) is 0 Å². The molecule has 1 aromatic heterocycles. The van der Waals surface area contributed by atoms with Gasteiger partial charge >= 0.3 is 0 Å². The molecule has 6 nitrogen and oxygen atoms in total. The monoisotopic (exact) mass is 316 g/mol. The van der Waals surface area contributed by atoms with Gasteiger partial charge in [-0.3, -0.25) is 0 Å². The predicted molar refractivity (Wildman–Crippen MR) is 86.4 cm³/mol. The number of nitrogens with one attached hydrogen (secondary N) is 2. The molecule has 0 bridgehead atoms. The van der Waals surface area contributed by atoms with Gasteiger partial charge in [0.1, 0.15) is 11.6 Å². The van der Waals surface area contributed by atoms with Crippen molar-refractivity contribution in [3.8, 4) is 0 Å². The predicted octanol–water partition coefficient (Wildman–Crippen LogP) is 1.62. The number of halogens is 1. The Bertz CT molecular complexity index is 676. The molecule has 0 saturated carbocycles. The van der Waals surface area contributed by atoms with Crippen LogP contribution in [0.1, 0.15) is 30.6 Å². The lowest BCUT2D eigenvalue weighted by molar-refractivity contribution is 0.627. The molecule has 122 valence electrons. The third-order valence-corrected chi connectivity index (χ3v) is 3.78. The first kappa shape index (κ1) is 15.5. The maximum absolute atomic E-state index is 12.9. The smallest absolute Gasteiger partial charge is 0.191 e. The van der Waals surface area contributed by atoms with Crippen LogP contribution in [0.2, 0.25) is 0 Å². The fraction of sp³-hybridized carbons (Fsp3) is 0.438. The molecular formula is C16H21FN6. The zero-order valence-electron chi connectivity index (χ0n) is 13.2. The van der Waals surface area contributed by atoms with Crippen LogP contribution in [0.3, 0.4) is 0 Å². The number of guanidine groups is 1. The lowest BCUT2D eigenvalue weighted by atomic mass is 10.2. The van der Waals surface area contributed by atoms with Crippen LogP contribution in [0.5, 0.6) is 0 Å². The topological polar surface area (TPSA) is 67.1 Å². The van der Waals surface area contributed by atoms with E-state index in [1.807, 2.05) is 6.92 Å². The molecule has 7 heteroatoms. The summed E-state index contributed by atoms with van der Waals surface area (Å²) in [6.45, 7) is 4.86. The lowest BCUT2D eigenvalue weighted by Crippen LogP contribution is -2.37. The van der Waals surface area contributed by atoms with E-state index >= 15 is 0 Å². The largest absolute Gasteiger partial charge is 0.357 e. The van der Waals surface area contributed by atoms with E-state index < -0.39 is 0 Å². The maximum Gasteiger partial charge on any atom is 0.191 e. The number of rotatable bonds is 5. The molecule has 0 spiro atoms. The van der Waals surface area contributed by atoms with Crippen molar-refractivity contribution in [3.05, 3.63) is 47.3 Å². The van der Waals surface area contributed by atoms with Crippen molar-refractivity contribution in [2.75, 3.05) is 6.54 Å². The van der Waals surface area contributed by atoms with Gasteiger partial charge in [0.05, 0.1) is 13.1 Å². The molecule has 0 radical (unpaired) electrons. The van der Waals surface area contributed by atoms with Crippen molar-refractivity contribution >= 4 is 5.96 Å². The van der Waals surface area contributed by atoms with Crippen LogP contribution in [-0.4, -0.2) is 27.3 Å². The van der Waals surface area contributed by atoms with E-state index in [0.29, 0.717) is 19.0 Å². The van der Waals surface area contributed by atoms with Gasteiger partial charge in [0, 0.05) is 19.5 Å². The third-order valence-electron chi connectivity index (χ3n) is 3.78. The summed E-state index contributed by atoms with van der Waals surface area (Å²) < 4.78 is 15.1. The molecule has 2 heterocycles. The van der Waals surface area contributed by atoms with E-state index in [4.69, 9.17) is 0 Å². The first-order valence-corrected chi connectivity index (χ1v) is 7.94. The molecule has 1 aromatic carbocycles. The number of aromatic nitrogens is 3. The normalized spacial score (nSPS) is 13.9. The van der Waals surface area contributed by atoms with Crippen molar-refractivity contribution in [3.63, 3.8) is 0 Å². The van der Waals surface area contributed by atoms with Crippen molar-refractivity contribution < 1.29 is 4.39 Å². The molecule has 2 aromatic rings. The quantitative estimate of drug-likeness (QED) is 0.650. The Morgan fingerprint density at radius 1 is 1.26 bits per heavy atom. The minimum absolute atomic E-state index is 0.233. The van der Waals surface area contributed by atoms with E-state index in [9.17, 15) is 4.39 Å². The van der Waals surface area contributed by atoms with Crippen LogP contribution in [0.25, 0.3) is 0 Å². The minimum atomic E-state index is -0.233. The third kappa shape index (κ3) is 3.85. The maximum atomic E-state index is 12.9. The molecule has 0 aliphatic carbocycles. The summed E-state index contributed by atoms with van der Waals surface area (Å²) in [5.41, 5.74) is 0.965. The zero-order chi connectivity index (χ0) is 16.1. The van der Waals surface area contributed by atoms with Gasteiger partial charge in [0.15, 0.2) is 11.8 Å². The van der Waals surface area contributed by atoms with Gasteiger partial charge in [-0.25, -0.2) is 9.38 Å². The highest BCUT2D eigenvalue weighted by Gasteiger charge is 2.16. The fourth-order valence-electron chi connectivity index (χ4n) is 2.61. The van der Waals surface area contributed by atoms with Crippen molar-refractivity contribution in [1.82, 2.24) is 25.4 Å². The first-order valence-electron chi connectivity index (χ1n) is 7.94. The Kier molecular flexibility index (Phi) is 4.85. The van der Waals surface area contributed by atoms with E-state index in [1.54, 1.807) is 12.1 Å². The van der Waals surface area contributed by atoms with Crippen LogP contribution >= 0.6 is 0 Å². The van der Waals surface area contributed by atoms with Crippen molar-refractivity contribution in [2.24, 2.45) is 4.99 Å². The second kappa shape index (κ2) is 7.21. The van der Waals surface area contributed by atoms with Crippen LogP contribution in [-0.2, 0) is 26.1 Å². The molecule has 0 fully saturated rings. The Balaban J connectivity index is 1.61. The summed E-state index contributed by atoms with van der Waals surface area (Å²) in [7, 11) is 0. The number of benzene rings is 1. The highest BCUT2D eigenvalue weighted by molar-refractivity contribution is 5.79. The van der Waals surface area contributed by atoms with Crippen LogP contribution in [0.4, 0.5) is 4.39 Å². The lowest BCUT2D eigenvalue weighted by Gasteiger charge is -2.11. The number of hydrogen-bond acceptors (Lipinski definition) is 3. The molecule has 2 N–H and O–H groups in total. The second-order valence-electron chi connectivity index (χ2n) is 5.46. The Labute approximate surface area is 134 Å².